The van der Waals surface area contributed by atoms with Crippen molar-refractivity contribution >= 4 is 0 Å². The molecule has 0 aromatic rings. The molecule has 0 spiro atoms. The van der Waals surface area contributed by atoms with Crippen LogP contribution in [0.3, 0.4) is 0 Å². The summed E-state index contributed by atoms with van der Waals surface area (Å²) in [7, 11) is 0. The van der Waals surface area contributed by atoms with E-state index in [9.17, 15) is 0 Å². The predicted octanol–water partition coefficient (Wildman–Crippen LogP) is 2.11. The average molecular weight is 126 g/mol. The standard InChI is InChI=1S/C8H14O/c1-7-5-3-4-6-8(7,2)9-7/h3-6H2,1-2H3. The molecule has 0 bridgehead atoms. The molecule has 2 rings (SSSR count). The highest BCUT2D eigenvalue weighted by molar-refractivity contribution is 5.12. The summed E-state index contributed by atoms with van der Waals surface area (Å²) >= 11 is 0. The molecule has 2 fully saturated rings. The van der Waals surface area contributed by atoms with Gasteiger partial charge in [0.25, 0.3) is 0 Å². The Morgan fingerprint density at radius 1 is 1.00 bits per heavy atom. The summed E-state index contributed by atoms with van der Waals surface area (Å²) in [5.41, 5.74) is 0.566. The second kappa shape index (κ2) is 1.34. The molecule has 9 heavy (non-hydrogen) atoms. The smallest absolute Gasteiger partial charge is 0.0949 e. The molecule has 2 aliphatic rings. The molecule has 1 saturated heterocycles. The van der Waals surface area contributed by atoms with E-state index in [1.54, 1.807) is 0 Å². The number of epoxide rings is 1. The van der Waals surface area contributed by atoms with Crippen molar-refractivity contribution in [1.29, 1.82) is 0 Å². The minimum absolute atomic E-state index is 0.283. The maximum absolute atomic E-state index is 5.65. The van der Waals surface area contributed by atoms with Crippen LogP contribution in [0.5, 0.6) is 0 Å². The van der Waals surface area contributed by atoms with Crippen LogP contribution in [0.2, 0.25) is 0 Å². The first-order chi connectivity index (χ1) is 4.16. The van der Waals surface area contributed by atoms with Gasteiger partial charge in [-0.15, -0.1) is 0 Å². The van der Waals surface area contributed by atoms with E-state index in [-0.39, 0.29) is 11.2 Å². The first-order valence-corrected chi connectivity index (χ1v) is 3.87. The van der Waals surface area contributed by atoms with Gasteiger partial charge in [0.2, 0.25) is 0 Å². The number of hydrogen-bond acceptors (Lipinski definition) is 1. The molecule has 1 aliphatic carbocycles. The normalized spacial score (nSPS) is 56.7. The monoisotopic (exact) mass is 126 g/mol. The summed E-state index contributed by atoms with van der Waals surface area (Å²) in [5.74, 6) is 0. The molecule has 1 heterocycles. The fourth-order valence-electron chi connectivity index (χ4n) is 2.03. The van der Waals surface area contributed by atoms with Crippen molar-refractivity contribution in [2.75, 3.05) is 0 Å². The van der Waals surface area contributed by atoms with Crippen LogP contribution in [0.25, 0.3) is 0 Å². The topological polar surface area (TPSA) is 12.5 Å². The van der Waals surface area contributed by atoms with Crippen LogP contribution in [0.1, 0.15) is 39.5 Å². The second-order valence-electron chi connectivity index (χ2n) is 3.77. The lowest BCUT2D eigenvalue weighted by molar-refractivity contribution is 0.279. The summed E-state index contributed by atoms with van der Waals surface area (Å²) in [6.07, 6.45) is 5.30. The Bertz CT molecular complexity index is 120. The van der Waals surface area contributed by atoms with Crippen LogP contribution in [0.15, 0.2) is 0 Å². The quantitative estimate of drug-likeness (QED) is 0.453. The summed E-state index contributed by atoms with van der Waals surface area (Å²) in [6, 6.07) is 0. The summed E-state index contributed by atoms with van der Waals surface area (Å²) in [5, 5.41) is 0. The second-order valence-corrected chi connectivity index (χ2v) is 3.77. The van der Waals surface area contributed by atoms with Crippen molar-refractivity contribution in [1.82, 2.24) is 0 Å². The van der Waals surface area contributed by atoms with E-state index >= 15 is 0 Å². The number of ether oxygens (including phenoxy) is 1. The highest BCUT2D eigenvalue weighted by Crippen LogP contribution is 2.56. The lowest BCUT2D eigenvalue weighted by Crippen LogP contribution is -2.23. The van der Waals surface area contributed by atoms with Crippen molar-refractivity contribution in [2.45, 2.75) is 50.7 Å². The predicted molar refractivity (Wildman–Crippen MR) is 36.4 cm³/mol. The summed E-state index contributed by atoms with van der Waals surface area (Å²) < 4.78 is 5.65. The summed E-state index contributed by atoms with van der Waals surface area (Å²) in [6.45, 7) is 4.48. The fraction of sp³-hybridized carbons (Fsp3) is 1.00. The zero-order valence-electron chi connectivity index (χ0n) is 6.24. The number of hydrogen-bond donors (Lipinski definition) is 0. The van der Waals surface area contributed by atoms with Gasteiger partial charge >= 0.3 is 0 Å². The number of fused-ring (bicyclic) bond motifs is 1. The molecule has 1 heteroatoms. The van der Waals surface area contributed by atoms with Crippen LogP contribution >= 0.6 is 0 Å². The molecule has 0 amide bonds. The zero-order valence-corrected chi connectivity index (χ0v) is 6.24. The lowest BCUT2D eigenvalue weighted by Gasteiger charge is -2.17. The SMILES string of the molecule is CC12CCCCC1(C)O2. The van der Waals surface area contributed by atoms with E-state index in [1.807, 2.05) is 0 Å². The Morgan fingerprint density at radius 3 is 1.78 bits per heavy atom. The van der Waals surface area contributed by atoms with Gasteiger partial charge in [-0.2, -0.15) is 0 Å². The van der Waals surface area contributed by atoms with E-state index in [0.717, 1.165) is 0 Å². The highest BCUT2D eigenvalue weighted by atomic mass is 16.6. The van der Waals surface area contributed by atoms with Crippen LogP contribution in [0.4, 0.5) is 0 Å². The Balaban J connectivity index is 2.15. The van der Waals surface area contributed by atoms with Crippen molar-refractivity contribution in [3.05, 3.63) is 0 Å². The Kier molecular flexibility index (Phi) is 0.852. The molecular weight excluding hydrogens is 112 g/mol. The Labute approximate surface area is 56.4 Å². The van der Waals surface area contributed by atoms with Gasteiger partial charge in [-0.25, -0.2) is 0 Å². The maximum atomic E-state index is 5.65. The van der Waals surface area contributed by atoms with Crippen molar-refractivity contribution in [3.8, 4) is 0 Å². The molecule has 52 valence electrons. The van der Waals surface area contributed by atoms with Gasteiger partial charge in [-0.3, -0.25) is 0 Å². The van der Waals surface area contributed by atoms with Crippen molar-refractivity contribution < 1.29 is 4.74 Å². The van der Waals surface area contributed by atoms with E-state index in [1.165, 1.54) is 25.7 Å². The minimum atomic E-state index is 0.283. The van der Waals surface area contributed by atoms with E-state index in [4.69, 9.17) is 4.74 Å². The average Bonchev–Trinajstić information content (AvgIpc) is 2.33. The molecule has 0 radical (unpaired) electrons. The third-order valence-electron chi connectivity index (χ3n) is 3.09. The maximum Gasteiger partial charge on any atom is 0.0949 e. The van der Waals surface area contributed by atoms with Crippen molar-refractivity contribution in [3.63, 3.8) is 0 Å². The van der Waals surface area contributed by atoms with Gasteiger partial charge in [-0.05, 0) is 26.7 Å². The fourth-order valence-corrected chi connectivity index (χ4v) is 2.03. The van der Waals surface area contributed by atoms with Gasteiger partial charge in [-0.1, -0.05) is 12.8 Å². The Hall–Kier alpha value is -0.0400. The van der Waals surface area contributed by atoms with E-state index in [2.05, 4.69) is 13.8 Å². The largest absolute Gasteiger partial charge is 0.363 e. The molecule has 2 atom stereocenters. The molecule has 0 N–H and O–H groups in total. The molecule has 0 aromatic heterocycles. The molecule has 1 saturated carbocycles. The van der Waals surface area contributed by atoms with Crippen molar-refractivity contribution in [2.24, 2.45) is 0 Å². The van der Waals surface area contributed by atoms with Crippen LogP contribution in [-0.2, 0) is 4.74 Å². The number of rotatable bonds is 0. The molecule has 1 aliphatic heterocycles. The van der Waals surface area contributed by atoms with Gasteiger partial charge in [0.1, 0.15) is 0 Å². The zero-order chi connectivity index (χ0) is 6.54. The third-order valence-corrected chi connectivity index (χ3v) is 3.09. The lowest BCUT2D eigenvalue weighted by atomic mass is 9.82. The van der Waals surface area contributed by atoms with Crippen LogP contribution < -0.4 is 0 Å². The first kappa shape index (κ1) is 5.72. The first-order valence-electron chi connectivity index (χ1n) is 3.87. The summed E-state index contributed by atoms with van der Waals surface area (Å²) in [4.78, 5) is 0. The minimum Gasteiger partial charge on any atom is -0.363 e. The Morgan fingerprint density at radius 2 is 1.44 bits per heavy atom. The van der Waals surface area contributed by atoms with E-state index in [0.29, 0.717) is 0 Å². The van der Waals surface area contributed by atoms with Gasteiger partial charge < -0.3 is 4.74 Å². The van der Waals surface area contributed by atoms with Gasteiger partial charge in [0, 0.05) is 0 Å². The molecular formula is C8H14O. The highest BCUT2D eigenvalue weighted by Gasteiger charge is 2.63. The molecule has 1 nitrogen and oxygen atoms in total. The molecule has 2 unspecified atom stereocenters. The third kappa shape index (κ3) is 0.586. The molecule has 0 aromatic carbocycles. The van der Waals surface area contributed by atoms with E-state index < -0.39 is 0 Å². The van der Waals surface area contributed by atoms with Crippen LogP contribution in [0, 0.1) is 0 Å². The van der Waals surface area contributed by atoms with Gasteiger partial charge in [0.05, 0.1) is 11.2 Å². The van der Waals surface area contributed by atoms with Gasteiger partial charge in [0.15, 0.2) is 0 Å². The van der Waals surface area contributed by atoms with Crippen LogP contribution in [-0.4, -0.2) is 11.2 Å².